The van der Waals surface area contributed by atoms with Crippen molar-refractivity contribution in [3.63, 3.8) is 0 Å². The molecule has 3 aromatic rings. The molecule has 1 aliphatic heterocycles. The second-order valence-electron chi connectivity index (χ2n) is 8.61. The number of rotatable bonds is 5. The molecule has 1 N–H and O–H groups in total. The fraction of sp³-hybridized carbons (Fsp3) is 0.375. The van der Waals surface area contributed by atoms with Crippen LogP contribution in [0.2, 0.25) is 0 Å². The van der Waals surface area contributed by atoms with E-state index in [1.807, 2.05) is 36.1 Å². The number of amides is 1. The predicted octanol–water partition coefficient (Wildman–Crippen LogP) is 2.84. The first kappa shape index (κ1) is 19.8. The van der Waals surface area contributed by atoms with Crippen LogP contribution in [-0.4, -0.2) is 48.2 Å². The first-order chi connectivity index (χ1) is 15.1. The number of nitrogens with zero attached hydrogens (tertiary/aromatic N) is 4. The summed E-state index contributed by atoms with van der Waals surface area (Å²) < 4.78 is 7.25. The van der Waals surface area contributed by atoms with Crippen LogP contribution in [0.1, 0.15) is 24.5 Å². The number of anilines is 1. The number of hydrogen-bond donors (Lipinski definition) is 1. The Morgan fingerprint density at radius 2 is 2.00 bits per heavy atom. The Labute approximate surface area is 181 Å². The van der Waals surface area contributed by atoms with Crippen molar-refractivity contribution < 1.29 is 9.53 Å². The lowest BCUT2D eigenvalue weighted by Crippen LogP contribution is -2.36. The van der Waals surface area contributed by atoms with Crippen LogP contribution in [0.5, 0.6) is 0 Å². The van der Waals surface area contributed by atoms with E-state index in [1.165, 1.54) is 11.3 Å². The molecule has 1 aromatic heterocycles. The highest BCUT2D eigenvalue weighted by Crippen LogP contribution is 2.54. The maximum Gasteiger partial charge on any atom is 0.244 e. The van der Waals surface area contributed by atoms with Gasteiger partial charge in [0, 0.05) is 42.2 Å². The molecule has 0 bridgehead atoms. The van der Waals surface area contributed by atoms with Gasteiger partial charge in [0.1, 0.15) is 0 Å². The van der Waals surface area contributed by atoms with Crippen LogP contribution < -0.4 is 10.3 Å². The zero-order valence-electron chi connectivity index (χ0n) is 17.9. The van der Waals surface area contributed by atoms with E-state index in [2.05, 4.69) is 51.7 Å². The Hall–Kier alpha value is -3.19. The summed E-state index contributed by atoms with van der Waals surface area (Å²) in [4.78, 5) is 15.1. The number of nitrogens with one attached hydrogen (secondary N) is 1. The second-order valence-corrected chi connectivity index (χ2v) is 8.61. The van der Waals surface area contributed by atoms with Crippen LogP contribution in [-0.2, 0) is 22.0 Å². The third kappa shape index (κ3) is 3.70. The summed E-state index contributed by atoms with van der Waals surface area (Å²) in [6.07, 6.45) is 4.35. The third-order valence-corrected chi connectivity index (χ3v) is 6.63. The summed E-state index contributed by atoms with van der Waals surface area (Å²) in [5.74, 6) is -0.0976. The maximum atomic E-state index is 12.7. The van der Waals surface area contributed by atoms with Crippen LogP contribution >= 0.6 is 0 Å². The number of morpholine rings is 1. The topological polar surface area (TPSA) is 71.8 Å². The van der Waals surface area contributed by atoms with E-state index in [0.717, 1.165) is 49.2 Å². The quantitative estimate of drug-likeness (QED) is 0.512. The van der Waals surface area contributed by atoms with Crippen molar-refractivity contribution in [3.05, 3.63) is 59.8 Å². The minimum absolute atomic E-state index is 0.0341. The number of para-hydroxylation sites is 1. The van der Waals surface area contributed by atoms with Gasteiger partial charge in [0.2, 0.25) is 5.91 Å². The standard InChI is InChI=1S/C24H27N5O2/c1-24(19-6-8-20(9-7-19)29-10-12-31-13-11-29)14-21(24)23(30)27-25-15-17-4-3-5-18-16-26-28(2)22(17)18/h3-9,15-16,21H,10-14H2,1-2H3,(H,27,30)/b25-15+. The molecule has 1 amide bonds. The average Bonchev–Trinajstić information content (AvgIpc) is 3.37. The van der Waals surface area contributed by atoms with Crippen LogP contribution in [0.15, 0.2) is 53.8 Å². The molecule has 2 atom stereocenters. The molecular weight excluding hydrogens is 390 g/mol. The van der Waals surface area contributed by atoms with E-state index in [-0.39, 0.29) is 17.2 Å². The lowest BCUT2D eigenvalue weighted by Gasteiger charge is -2.29. The largest absolute Gasteiger partial charge is 0.378 e. The molecule has 2 heterocycles. The van der Waals surface area contributed by atoms with Crippen molar-refractivity contribution in [1.82, 2.24) is 15.2 Å². The summed E-state index contributed by atoms with van der Waals surface area (Å²) in [6.45, 7) is 5.55. The van der Waals surface area contributed by atoms with Gasteiger partial charge in [0.15, 0.2) is 0 Å². The Morgan fingerprint density at radius 1 is 1.23 bits per heavy atom. The maximum absolute atomic E-state index is 12.7. The predicted molar refractivity (Wildman–Crippen MR) is 121 cm³/mol. The fourth-order valence-electron chi connectivity index (χ4n) is 4.55. The fourth-order valence-corrected chi connectivity index (χ4v) is 4.55. The van der Waals surface area contributed by atoms with E-state index in [4.69, 9.17) is 4.74 Å². The van der Waals surface area contributed by atoms with Gasteiger partial charge in [-0.15, -0.1) is 0 Å². The normalized spacial score (nSPS) is 23.4. The number of aryl methyl sites for hydroxylation is 1. The number of carbonyl (C=O) groups is 1. The molecule has 0 radical (unpaired) electrons. The Kier molecular flexibility index (Phi) is 4.98. The molecule has 2 unspecified atom stereocenters. The van der Waals surface area contributed by atoms with Gasteiger partial charge in [-0.2, -0.15) is 10.2 Å². The van der Waals surface area contributed by atoms with Crippen LogP contribution in [0.4, 0.5) is 5.69 Å². The van der Waals surface area contributed by atoms with Crippen molar-refractivity contribution >= 4 is 28.7 Å². The number of hydrogen-bond acceptors (Lipinski definition) is 5. The van der Waals surface area contributed by atoms with Crippen LogP contribution in [0.3, 0.4) is 0 Å². The zero-order valence-corrected chi connectivity index (χ0v) is 17.9. The zero-order chi connectivity index (χ0) is 21.4. The smallest absolute Gasteiger partial charge is 0.244 e. The number of hydrazone groups is 1. The molecule has 0 spiro atoms. The van der Waals surface area contributed by atoms with Crippen LogP contribution in [0.25, 0.3) is 10.9 Å². The van der Waals surface area contributed by atoms with Gasteiger partial charge in [0.05, 0.1) is 37.1 Å². The van der Waals surface area contributed by atoms with Crippen molar-refractivity contribution in [2.45, 2.75) is 18.8 Å². The molecule has 2 fully saturated rings. The molecule has 160 valence electrons. The van der Waals surface area contributed by atoms with Gasteiger partial charge < -0.3 is 9.64 Å². The van der Waals surface area contributed by atoms with Gasteiger partial charge in [0.25, 0.3) is 0 Å². The summed E-state index contributed by atoms with van der Waals surface area (Å²) in [6, 6.07) is 14.6. The molecule has 2 aliphatic rings. The van der Waals surface area contributed by atoms with Crippen molar-refractivity contribution in [3.8, 4) is 0 Å². The molecule has 5 rings (SSSR count). The van der Waals surface area contributed by atoms with Gasteiger partial charge in [-0.3, -0.25) is 9.48 Å². The lowest BCUT2D eigenvalue weighted by molar-refractivity contribution is -0.122. The molecular formula is C24H27N5O2. The van der Waals surface area contributed by atoms with Crippen molar-refractivity contribution in [2.24, 2.45) is 18.1 Å². The number of aromatic nitrogens is 2. The first-order valence-electron chi connectivity index (χ1n) is 10.7. The lowest BCUT2D eigenvalue weighted by atomic mass is 9.95. The van der Waals surface area contributed by atoms with Gasteiger partial charge >= 0.3 is 0 Å². The molecule has 1 saturated heterocycles. The monoisotopic (exact) mass is 417 g/mol. The minimum atomic E-state index is -0.134. The molecule has 1 saturated carbocycles. The highest BCUT2D eigenvalue weighted by Gasteiger charge is 2.55. The Morgan fingerprint density at radius 3 is 2.77 bits per heavy atom. The molecule has 7 heteroatoms. The molecule has 7 nitrogen and oxygen atoms in total. The molecule has 2 aromatic carbocycles. The number of fused-ring (bicyclic) bond motifs is 1. The summed E-state index contributed by atoms with van der Waals surface area (Å²) in [5, 5.41) is 9.56. The highest BCUT2D eigenvalue weighted by molar-refractivity contribution is 5.98. The first-order valence-corrected chi connectivity index (χ1v) is 10.7. The SMILES string of the molecule is Cn1ncc2cccc(/C=N/NC(=O)C3CC3(C)c3ccc(N4CCOCC4)cc3)c21. The van der Waals surface area contributed by atoms with Gasteiger partial charge in [-0.1, -0.05) is 37.3 Å². The minimum Gasteiger partial charge on any atom is -0.378 e. The van der Waals surface area contributed by atoms with E-state index in [9.17, 15) is 4.79 Å². The summed E-state index contributed by atoms with van der Waals surface area (Å²) in [5.41, 5.74) is 6.94. The van der Waals surface area contributed by atoms with E-state index in [0.29, 0.717) is 0 Å². The van der Waals surface area contributed by atoms with Gasteiger partial charge in [-0.05, 0) is 24.1 Å². The van der Waals surface area contributed by atoms with E-state index in [1.54, 1.807) is 6.21 Å². The molecule has 1 aliphatic carbocycles. The Bertz CT molecular complexity index is 1130. The Balaban J connectivity index is 1.23. The highest BCUT2D eigenvalue weighted by atomic mass is 16.5. The summed E-state index contributed by atoms with van der Waals surface area (Å²) >= 11 is 0. The number of carbonyl (C=O) groups excluding carboxylic acids is 1. The third-order valence-electron chi connectivity index (χ3n) is 6.63. The van der Waals surface area contributed by atoms with Crippen molar-refractivity contribution in [2.75, 3.05) is 31.2 Å². The number of ether oxygens (including phenoxy) is 1. The van der Waals surface area contributed by atoms with E-state index < -0.39 is 0 Å². The second kappa shape index (κ2) is 7.81. The summed E-state index contributed by atoms with van der Waals surface area (Å²) in [7, 11) is 1.90. The van der Waals surface area contributed by atoms with Crippen molar-refractivity contribution in [1.29, 1.82) is 0 Å². The molecule has 31 heavy (non-hydrogen) atoms. The van der Waals surface area contributed by atoms with Crippen LogP contribution in [0, 0.1) is 5.92 Å². The van der Waals surface area contributed by atoms with Gasteiger partial charge in [-0.25, -0.2) is 5.43 Å². The number of benzene rings is 2. The average molecular weight is 418 g/mol. The van der Waals surface area contributed by atoms with E-state index >= 15 is 0 Å².